The van der Waals surface area contributed by atoms with E-state index in [4.69, 9.17) is 27.9 Å². The van der Waals surface area contributed by atoms with Crippen LogP contribution in [-0.2, 0) is 16.0 Å². The highest BCUT2D eigenvalue weighted by Gasteiger charge is 2.24. The molecule has 9 nitrogen and oxygen atoms in total. The second kappa shape index (κ2) is 15.6. The first-order chi connectivity index (χ1) is 20.7. The fourth-order valence-electron chi connectivity index (χ4n) is 4.80. The number of hydrogen-bond donors (Lipinski definition) is 2. The molecule has 0 atom stereocenters. The second-order valence-corrected chi connectivity index (χ2v) is 11.2. The molecule has 228 valence electrons. The number of anilines is 3. The molecule has 3 aromatic rings. The number of amides is 4. The zero-order valence-electron chi connectivity index (χ0n) is 24.4. The summed E-state index contributed by atoms with van der Waals surface area (Å²) in [6.07, 6.45) is 2.13. The molecule has 11 heteroatoms. The van der Waals surface area contributed by atoms with Crippen molar-refractivity contribution >= 4 is 58.1 Å². The van der Waals surface area contributed by atoms with E-state index < -0.39 is 0 Å². The molecule has 1 heterocycles. The number of hydrogen-bond acceptors (Lipinski definition) is 5. The van der Waals surface area contributed by atoms with Crippen LogP contribution in [0.4, 0.5) is 21.9 Å². The van der Waals surface area contributed by atoms with E-state index in [1.807, 2.05) is 42.5 Å². The van der Waals surface area contributed by atoms with Gasteiger partial charge < -0.3 is 30.1 Å². The largest absolute Gasteiger partial charge is 0.383 e. The SMILES string of the molecule is COCCN(C)C(=O)c1cc(Cl)c(NC(=O)N2CCN(c3ccc(NC(=O)CCCc4ccccc4)cc3)CC2)c(Cl)c1. The standard InChI is InChI=1S/C32H37Cl2N5O4/c1-37(19-20-43-2)31(41)24-21-27(33)30(28(34)22-24)36-32(42)39-17-15-38(16-18-39)26-13-11-25(12-14-26)35-29(40)10-6-9-23-7-4-3-5-8-23/h3-5,7-8,11-14,21-22H,6,9-10,15-20H2,1-2H3,(H,35,40)(H,36,42). The first kappa shape index (κ1) is 32.1. The number of methoxy groups -OCH3 is 1. The van der Waals surface area contributed by atoms with E-state index in [9.17, 15) is 14.4 Å². The van der Waals surface area contributed by atoms with Crippen molar-refractivity contribution in [1.29, 1.82) is 0 Å². The van der Waals surface area contributed by atoms with Gasteiger partial charge in [0.05, 0.1) is 22.3 Å². The van der Waals surface area contributed by atoms with Gasteiger partial charge in [-0.15, -0.1) is 0 Å². The Morgan fingerprint density at radius 2 is 1.56 bits per heavy atom. The number of halogens is 2. The molecular weight excluding hydrogens is 589 g/mol. The van der Waals surface area contributed by atoms with E-state index in [0.29, 0.717) is 51.3 Å². The maximum Gasteiger partial charge on any atom is 0.322 e. The Labute approximate surface area is 262 Å². The lowest BCUT2D eigenvalue weighted by molar-refractivity contribution is -0.116. The molecule has 0 saturated carbocycles. The topological polar surface area (TPSA) is 94.2 Å². The van der Waals surface area contributed by atoms with Gasteiger partial charge in [0.2, 0.25) is 5.91 Å². The minimum atomic E-state index is -0.315. The molecule has 0 spiro atoms. The molecule has 4 amide bonds. The van der Waals surface area contributed by atoms with Gasteiger partial charge in [0.15, 0.2) is 0 Å². The van der Waals surface area contributed by atoms with Crippen LogP contribution in [0.2, 0.25) is 10.0 Å². The fraction of sp³-hybridized carbons (Fsp3) is 0.344. The number of carbonyl (C=O) groups is 3. The lowest BCUT2D eigenvalue weighted by Crippen LogP contribution is -2.50. The summed E-state index contributed by atoms with van der Waals surface area (Å²) >= 11 is 12.8. The van der Waals surface area contributed by atoms with Crippen molar-refractivity contribution in [3.8, 4) is 0 Å². The number of aryl methyl sites for hydroxylation is 1. The third kappa shape index (κ3) is 9.10. The molecule has 0 radical (unpaired) electrons. The van der Waals surface area contributed by atoms with E-state index in [-0.39, 0.29) is 33.6 Å². The van der Waals surface area contributed by atoms with Gasteiger partial charge >= 0.3 is 6.03 Å². The van der Waals surface area contributed by atoms with Gasteiger partial charge in [-0.05, 0) is 54.8 Å². The Kier molecular flexibility index (Phi) is 11.7. The molecule has 1 aliphatic heterocycles. The number of benzene rings is 3. The van der Waals surface area contributed by atoms with Crippen molar-refractivity contribution in [2.75, 3.05) is 69.0 Å². The van der Waals surface area contributed by atoms with Crippen LogP contribution in [-0.4, -0.2) is 81.1 Å². The first-order valence-electron chi connectivity index (χ1n) is 14.2. The molecular formula is C32H37Cl2N5O4. The van der Waals surface area contributed by atoms with E-state index in [1.54, 1.807) is 19.1 Å². The number of rotatable bonds is 11. The maximum absolute atomic E-state index is 13.0. The third-order valence-corrected chi connectivity index (χ3v) is 7.89. The van der Waals surface area contributed by atoms with Gasteiger partial charge in [-0.2, -0.15) is 0 Å². The van der Waals surface area contributed by atoms with E-state index in [0.717, 1.165) is 24.2 Å². The molecule has 0 unspecified atom stereocenters. The normalized spacial score (nSPS) is 13.0. The predicted molar refractivity (Wildman–Crippen MR) is 173 cm³/mol. The van der Waals surface area contributed by atoms with Crippen molar-refractivity contribution in [2.24, 2.45) is 0 Å². The van der Waals surface area contributed by atoms with Crippen LogP contribution in [0.1, 0.15) is 28.8 Å². The average Bonchev–Trinajstić information content (AvgIpc) is 3.02. The Morgan fingerprint density at radius 3 is 2.19 bits per heavy atom. The smallest absolute Gasteiger partial charge is 0.322 e. The van der Waals surface area contributed by atoms with Crippen LogP contribution in [0.3, 0.4) is 0 Å². The Bertz CT molecular complexity index is 1370. The summed E-state index contributed by atoms with van der Waals surface area (Å²) < 4.78 is 5.02. The van der Waals surface area contributed by atoms with Gasteiger partial charge in [0.25, 0.3) is 5.91 Å². The van der Waals surface area contributed by atoms with Gasteiger partial charge in [-0.3, -0.25) is 9.59 Å². The number of urea groups is 1. The van der Waals surface area contributed by atoms with Crippen molar-refractivity contribution in [3.05, 3.63) is 87.9 Å². The lowest BCUT2D eigenvalue weighted by atomic mass is 10.1. The molecule has 43 heavy (non-hydrogen) atoms. The molecule has 4 rings (SSSR count). The van der Waals surface area contributed by atoms with Crippen molar-refractivity contribution < 1.29 is 19.1 Å². The van der Waals surface area contributed by atoms with Crippen LogP contribution >= 0.6 is 23.2 Å². The van der Waals surface area contributed by atoms with Crippen LogP contribution in [0.15, 0.2) is 66.7 Å². The maximum atomic E-state index is 13.0. The number of likely N-dealkylation sites (N-methyl/N-ethyl adjacent to an activating group) is 1. The summed E-state index contributed by atoms with van der Waals surface area (Å²) in [4.78, 5) is 43.5. The summed E-state index contributed by atoms with van der Waals surface area (Å²) in [5, 5.41) is 6.14. The minimum absolute atomic E-state index is 0.000772. The Hall–Kier alpha value is -3.79. The van der Waals surface area contributed by atoms with E-state index >= 15 is 0 Å². The molecule has 0 bridgehead atoms. The zero-order chi connectivity index (χ0) is 30.8. The zero-order valence-corrected chi connectivity index (χ0v) is 26.0. The molecule has 1 aliphatic rings. The van der Waals surface area contributed by atoms with Gasteiger partial charge in [0, 0.05) is 70.2 Å². The molecule has 1 saturated heterocycles. The Balaban J connectivity index is 1.24. The van der Waals surface area contributed by atoms with Gasteiger partial charge in [0.1, 0.15) is 0 Å². The second-order valence-electron chi connectivity index (χ2n) is 10.4. The molecule has 0 aliphatic carbocycles. The van der Waals surface area contributed by atoms with Crippen LogP contribution in [0.5, 0.6) is 0 Å². The van der Waals surface area contributed by atoms with Crippen molar-refractivity contribution in [3.63, 3.8) is 0 Å². The number of nitrogens with zero attached hydrogens (tertiary/aromatic N) is 3. The predicted octanol–water partition coefficient (Wildman–Crippen LogP) is 6.03. The number of ether oxygens (including phenoxy) is 1. The molecule has 2 N–H and O–H groups in total. The number of carbonyl (C=O) groups excluding carboxylic acids is 3. The Morgan fingerprint density at radius 1 is 0.907 bits per heavy atom. The monoisotopic (exact) mass is 625 g/mol. The molecule has 0 aromatic heterocycles. The van der Waals surface area contributed by atoms with Crippen LogP contribution in [0, 0.1) is 0 Å². The fourth-order valence-corrected chi connectivity index (χ4v) is 5.38. The van der Waals surface area contributed by atoms with Crippen molar-refractivity contribution in [2.45, 2.75) is 19.3 Å². The van der Waals surface area contributed by atoms with Crippen LogP contribution in [0.25, 0.3) is 0 Å². The summed E-state index contributed by atoms with van der Waals surface area (Å²) in [6.45, 7) is 3.11. The molecule has 1 fully saturated rings. The van der Waals surface area contributed by atoms with Crippen molar-refractivity contribution in [1.82, 2.24) is 9.80 Å². The third-order valence-electron chi connectivity index (χ3n) is 7.29. The first-order valence-corrected chi connectivity index (χ1v) is 15.0. The summed E-state index contributed by atoms with van der Waals surface area (Å²) in [5.41, 5.74) is 3.60. The summed E-state index contributed by atoms with van der Waals surface area (Å²) in [6, 6.07) is 20.6. The highest BCUT2D eigenvalue weighted by molar-refractivity contribution is 6.40. The average molecular weight is 627 g/mol. The summed E-state index contributed by atoms with van der Waals surface area (Å²) in [7, 11) is 3.24. The highest BCUT2D eigenvalue weighted by Crippen LogP contribution is 2.33. The van der Waals surface area contributed by atoms with E-state index in [2.05, 4.69) is 27.7 Å². The number of piperazine rings is 1. The quantitative estimate of drug-likeness (QED) is 0.271. The highest BCUT2D eigenvalue weighted by atomic mass is 35.5. The van der Waals surface area contributed by atoms with E-state index in [1.165, 1.54) is 22.6 Å². The van der Waals surface area contributed by atoms with Gasteiger partial charge in [-0.25, -0.2) is 4.79 Å². The number of nitrogens with one attached hydrogen (secondary N) is 2. The van der Waals surface area contributed by atoms with Crippen LogP contribution < -0.4 is 15.5 Å². The lowest BCUT2D eigenvalue weighted by Gasteiger charge is -2.36. The summed E-state index contributed by atoms with van der Waals surface area (Å²) in [5.74, 6) is -0.247. The minimum Gasteiger partial charge on any atom is -0.383 e. The molecule has 3 aromatic carbocycles. The van der Waals surface area contributed by atoms with Gasteiger partial charge in [-0.1, -0.05) is 53.5 Å².